The van der Waals surface area contributed by atoms with Crippen molar-refractivity contribution in [2.45, 2.75) is 32.2 Å². The minimum absolute atomic E-state index is 0.111. The third-order valence-corrected chi connectivity index (χ3v) is 5.95. The van der Waals surface area contributed by atoms with Crippen molar-refractivity contribution < 1.29 is 14.2 Å². The number of rotatable bonds is 1. The van der Waals surface area contributed by atoms with Gasteiger partial charge in [0.2, 0.25) is 11.8 Å². The Kier molecular flexibility index (Phi) is 5.10. The molecule has 1 unspecified atom stereocenters. The molecule has 0 fully saturated rings. The lowest BCUT2D eigenvalue weighted by Crippen LogP contribution is -2.29. The molecule has 0 saturated heterocycles. The van der Waals surface area contributed by atoms with Crippen LogP contribution >= 0.6 is 0 Å². The van der Waals surface area contributed by atoms with Crippen LogP contribution in [0.2, 0.25) is 0 Å². The predicted octanol–water partition coefficient (Wildman–Crippen LogP) is 4.07. The average molecular weight is 457 g/mol. The highest BCUT2D eigenvalue weighted by molar-refractivity contribution is 5.98. The van der Waals surface area contributed by atoms with Gasteiger partial charge in [0.15, 0.2) is 0 Å². The zero-order chi connectivity index (χ0) is 23.1. The second kappa shape index (κ2) is 8.42. The fourth-order valence-electron chi connectivity index (χ4n) is 4.33. The first-order chi connectivity index (χ1) is 16.7. The molecule has 3 aromatic heterocycles. The third-order valence-electron chi connectivity index (χ3n) is 5.95. The van der Waals surface area contributed by atoms with E-state index in [9.17, 15) is 0 Å². The van der Waals surface area contributed by atoms with Gasteiger partial charge in [-0.2, -0.15) is 9.97 Å². The molecule has 1 aromatic carbocycles. The normalized spacial score (nSPS) is 19.4. The van der Waals surface area contributed by atoms with Crippen LogP contribution in [0.3, 0.4) is 0 Å². The molecule has 6 rings (SSSR count). The molecule has 172 valence electrons. The van der Waals surface area contributed by atoms with E-state index in [0.29, 0.717) is 29.8 Å². The van der Waals surface area contributed by atoms with Gasteiger partial charge < -0.3 is 24.5 Å². The van der Waals surface area contributed by atoms with E-state index in [2.05, 4.69) is 42.4 Å². The van der Waals surface area contributed by atoms with Gasteiger partial charge in [0.05, 0.1) is 29.5 Å². The van der Waals surface area contributed by atoms with Crippen LogP contribution in [0.1, 0.15) is 18.1 Å². The van der Waals surface area contributed by atoms with Gasteiger partial charge in [-0.3, -0.25) is 9.98 Å². The van der Waals surface area contributed by atoms with Crippen LogP contribution < -0.4 is 14.8 Å². The Morgan fingerprint density at radius 1 is 1.12 bits per heavy atom. The molecule has 34 heavy (non-hydrogen) atoms. The number of anilines is 1. The second-order valence-electron chi connectivity index (χ2n) is 8.47. The number of aliphatic imine (C=N–C) groups is 1. The van der Waals surface area contributed by atoms with Crippen molar-refractivity contribution >= 4 is 28.9 Å². The molecule has 9 nitrogen and oxygen atoms in total. The molecule has 0 amide bonds. The first kappa shape index (κ1) is 20.6. The number of H-pyrrole nitrogens is 1. The number of aromatic amines is 1. The summed E-state index contributed by atoms with van der Waals surface area (Å²) in [5.74, 6) is 1.63. The monoisotopic (exact) mass is 456 g/mol. The van der Waals surface area contributed by atoms with Crippen molar-refractivity contribution in [1.82, 2.24) is 19.9 Å². The van der Waals surface area contributed by atoms with Crippen LogP contribution in [0.5, 0.6) is 11.6 Å². The highest BCUT2D eigenvalue weighted by atomic mass is 16.5. The summed E-state index contributed by atoms with van der Waals surface area (Å²) in [6, 6.07) is 8.18. The first-order valence-electron chi connectivity index (χ1n) is 11.3. The topological polar surface area (TPSA) is 107 Å². The zero-order valence-corrected chi connectivity index (χ0v) is 18.9. The van der Waals surface area contributed by atoms with Crippen LogP contribution in [0.25, 0.3) is 22.2 Å². The first-order valence-corrected chi connectivity index (χ1v) is 11.3. The number of ether oxygens (including phenoxy) is 3. The summed E-state index contributed by atoms with van der Waals surface area (Å²) >= 11 is 0. The predicted molar refractivity (Wildman–Crippen MR) is 129 cm³/mol. The Labute approximate surface area is 196 Å². The second-order valence-corrected chi connectivity index (χ2v) is 8.47. The van der Waals surface area contributed by atoms with Crippen molar-refractivity contribution in [3.8, 4) is 22.8 Å². The number of benzene rings is 1. The lowest BCUT2D eigenvalue weighted by atomic mass is 9.97. The molecule has 2 aliphatic heterocycles. The molecular formula is C25H24N6O3. The Morgan fingerprint density at radius 3 is 2.97 bits per heavy atom. The van der Waals surface area contributed by atoms with E-state index in [0.717, 1.165) is 39.7 Å². The Balaban J connectivity index is 1.49. The fraction of sp³-hybridized carbons (Fsp3) is 0.280. The summed E-state index contributed by atoms with van der Waals surface area (Å²) in [6.45, 7) is 2.70. The van der Waals surface area contributed by atoms with Gasteiger partial charge in [0, 0.05) is 43.2 Å². The zero-order valence-electron chi connectivity index (χ0n) is 18.9. The van der Waals surface area contributed by atoms with Crippen LogP contribution in [-0.2, 0) is 17.8 Å². The van der Waals surface area contributed by atoms with Crippen molar-refractivity contribution in [1.29, 1.82) is 0 Å². The van der Waals surface area contributed by atoms with Crippen molar-refractivity contribution in [3.05, 3.63) is 54.0 Å². The van der Waals surface area contributed by atoms with Gasteiger partial charge in [-0.25, -0.2) is 0 Å². The van der Waals surface area contributed by atoms with Crippen LogP contribution in [0.15, 0.2) is 47.8 Å². The number of aromatic nitrogens is 4. The number of hydrogen-bond acceptors (Lipinski definition) is 8. The number of fused-ring (bicyclic) bond motifs is 5. The summed E-state index contributed by atoms with van der Waals surface area (Å²) in [4.78, 5) is 21.4. The molecule has 2 atom stereocenters. The molecule has 0 aliphatic carbocycles. The fourth-order valence-corrected chi connectivity index (χ4v) is 4.33. The van der Waals surface area contributed by atoms with E-state index >= 15 is 0 Å². The van der Waals surface area contributed by atoms with Crippen LogP contribution in [0, 0.1) is 0 Å². The molecule has 5 bridgehead atoms. The Bertz CT molecular complexity index is 1400. The lowest BCUT2D eigenvalue weighted by molar-refractivity contribution is 0.00889. The molecule has 2 N–H and O–H groups in total. The minimum Gasteiger partial charge on any atom is -0.489 e. The number of hydrogen-bond donors (Lipinski definition) is 2. The number of pyridine rings is 1. The third kappa shape index (κ3) is 3.84. The van der Waals surface area contributed by atoms with E-state index in [4.69, 9.17) is 14.2 Å². The molecule has 2 aliphatic rings. The molecule has 4 aromatic rings. The minimum atomic E-state index is -0.120. The van der Waals surface area contributed by atoms with Crippen LogP contribution in [0.4, 0.5) is 11.6 Å². The molecule has 0 spiro atoms. The largest absolute Gasteiger partial charge is 0.489 e. The van der Waals surface area contributed by atoms with E-state index < -0.39 is 0 Å². The summed E-state index contributed by atoms with van der Waals surface area (Å²) in [5, 5.41) is 3.83. The molecule has 9 heteroatoms. The van der Waals surface area contributed by atoms with Gasteiger partial charge in [-0.05, 0) is 36.2 Å². The van der Waals surface area contributed by atoms with Crippen molar-refractivity contribution in [2.75, 3.05) is 19.0 Å². The van der Waals surface area contributed by atoms with Crippen molar-refractivity contribution in [3.63, 3.8) is 0 Å². The lowest BCUT2D eigenvalue weighted by Gasteiger charge is -2.23. The maximum Gasteiger partial charge on any atom is 0.228 e. The molecule has 5 heterocycles. The summed E-state index contributed by atoms with van der Waals surface area (Å²) in [7, 11) is 1.78. The summed E-state index contributed by atoms with van der Waals surface area (Å²) in [6.07, 6.45) is 7.77. The van der Waals surface area contributed by atoms with E-state index in [1.165, 1.54) is 0 Å². The van der Waals surface area contributed by atoms with E-state index in [1.54, 1.807) is 19.4 Å². The van der Waals surface area contributed by atoms with Crippen LogP contribution in [-0.4, -0.2) is 52.0 Å². The maximum atomic E-state index is 6.21. The van der Waals surface area contributed by atoms with Gasteiger partial charge in [-0.1, -0.05) is 6.07 Å². The smallest absolute Gasteiger partial charge is 0.228 e. The average Bonchev–Trinajstić information content (AvgIpc) is 3.29. The van der Waals surface area contributed by atoms with Gasteiger partial charge in [0.25, 0.3) is 0 Å². The summed E-state index contributed by atoms with van der Waals surface area (Å²) in [5.41, 5.74) is 5.66. The molecule has 0 saturated carbocycles. The van der Waals surface area contributed by atoms with E-state index in [1.807, 2.05) is 31.5 Å². The number of nitrogens with one attached hydrogen (secondary N) is 2. The Morgan fingerprint density at radius 2 is 2.06 bits per heavy atom. The van der Waals surface area contributed by atoms with E-state index in [-0.39, 0.29) is 18.8 Å². The quantitative estimate of drug-likeness (QED) is 0.445. The SMILES string of the molecule is CNc1nc2c3c(c[nH]c3n1)-c1ccc3c(c1)CC(C=N3)O[C@H](C)COc1cncc(c1)CO2. The molecular weight excluding hydrogens is 432 g/mol. The number of nitrogens with zero attached hydrogens (tertiary/aromatic N) is 4. The van der Waals surface area contributed by atoms with Gasteiger partial charge in [-0.15, -0.1) is 0 Å². The Hall–Kier alpha value is -3.98. The molecule has 0 radical (unpaired) electrons. The maximum absolute atomic E-state index is 6.21. The highest BCUT2D eigenvalue weighted by Gasteiger charge is 2.22. The van der Waals surface area contributed by atoms with Gasteiger partial charge in [0.1, 0.15) is 24.6 Å². The van der Waals surface area contributed by atoms with Gasteiger partial charge >= 0.3 is 0 Å². The van der Waals surface area contributed by atoms with Crippen molar-refractivity contribution in [2.24, 2.45) is 4.99 Å². The highest BCUT2D eigenvalue weighted by Crippen LogP contribution is 2.37. The standard InChI is InChI=1S/C25H24N6O3/c1-14-12-32-18-5-15(8-27-9-18)13-33-24-22-20(11-29-23(22)30-25(26-2)31-24)16-3-4-21-17(6-16)7-19(34-14)10-28-21/h3-6,8-11,14,19H,7,12-13H2,1-2H3,(H2,26,29,30,31)/t14-,19?/m1/s1. The summed E-state index contributed by atoms with van der Waals surface area (Å²) < 4.78 is 18.4.